The molecule has 3 aromatic rings. The largest absolute Gasteiger partial charge is 0.480 e. The van der Waals surface area contributed by atoms with Crippen molar-refractivity contribution in [3.8, 4) is 11.4 Å². The average Bonchev–Trinajstić information content (AvgIpc) is 2.98. The molecule has 3 aromatic heterocycles. The number of nitrogens with zero attached hydrogens (tertiary/aromatic N) is 3. The summed E-state index contributed by atoms with van der Waals surface area (Å²) < 4.78 is 1.23. The van der Waals surface area contributed by atoms with Crippen molar-refractivity contribution < 1.29 is 9.90 Å². The smallest absolute Gasteiger partial charge is 0.326 e. The van der Waals surface area contributed by atoms with Crippen LogP contribution in [0.15, 0.2) is 35.4 Å². The van der Waals surface area contributed by atoms with E-state index in [1.807, 2.05) is 6.92 Å². The molecule has 6 nitrogen and oxygen atoms in total. The minimum absolute atomic E-state index is 0.329. The second kappa shape index (κ2) is 5.92. The third kappa shape index (κ3) is 2.63. The summed E-state index contributed by atoms with van der Waals surface area (Å²) in [5.74, 6) is -0.751. The van der Waals surface area contributed by atoms with Gasteiger partial charge in [-0.05, 0) is 31.5 Å². The molecule has 1 atom stereocenters. The Bertz CT molecular complexity index is 931. The Morgan fingerprint density at radius 1 is 1.48 bits per heavy atom. The number of aliphatic carboxylic acids is 1. The lowest BCUT2D eigenvalue weighted by Crippen LogP contribution is -2.30. The number of rotatable bonds is 4. The van der Waals surface area contributed by atoms with E-state index in [1.165, 1.54) is 22.8 Å². The number of fused-ring (bicyclic) bond motifs is 1. The second-order valence-corrected chi connectivity index (χ2v) is 6.27. The molecule has 0 saturated heterocycles. The van der Waals surface area contributed by atoms with Crippen molar-refractivity contribution in [1.82, 2.24) is 14.5 Å². The molecular formula is C16H15N3O3S. The Balaban J connectivity index is 2.38. The number of carboxylic acids is 1. The molecule has 3 rings (SSSR count). The van der Waals surface area contributed by atoms with Gasteiger partial charge in [0.1, 0.15) is 16.7 Å². The number of aryl methyl sites for hydroxylation is 1. The molecule has 0 spiro atoms. The highest BCUT2D eigenvalue weighted by atomic mass is 32.1. The fourth-order valence-corrected chi connectivity index (χ4v) is 3.34. The molecule has 0 aliphatic carbocycles. The summed E-state index contributed by atoms with van der Waals surface area (Å²) in [4.78, 5) is 34.5. The number of thiophene rings is 1. The molecule has 118 valence electrons. The Morgan fingerprint density at radius 2 is 2.26 bits per heavy atom. The van der Waals surface area contributed by atoms with Crippen LogP contribution in [0.25, 0.3) is 21.6 Å². The van der Waals surface area contributed by atoms with Gasteiger partial charge < -0.3 is 5.11 Å². The van der Waals surface area contributed by atoms with Gasteiger partial charge >= 0.3 is 5.97 Å². The van der Waals surface area contributed by atoms with Gasteiger partial charge in [-0.15, -0.1) is 11.3 Å². The first-order chi connectivity index (χ1) is 11.0. The minimum atomic E-state index is -1.08. The summed E-state index contributed by atoms with van der Waals surface area (Å²) in [7, 11) is 0. The number of carbonyl (C=O) groups is 1. The lowest BCUT2D eigenvalue weighted by atomic mass is 10.2. The average molecular weight is 329 g/mol. The van der Waals surface area contributed by atoms with E-state index in [1.54, 1.807) is 30.6 Å². The number of pyridine rings is 1. The maximum Gasteiger partial charge on any atom is 0.326 e. The fourth-order valence-electron chi connectivity index (χ4n) is 2.39. The van der Waals surface area contributed by atoms with Gasteiger partial charge in [-0.2, -0.15) is 0 Å². The Kier molecular flexibility index (Phi) is 3.96. The molecular weight excluding hydrogens is 314 g/mol. The van der Waals surface area contributed by atoms with Crippen LogP contribution in [-0.4, -0.2) is 25.6 Å². The molecule has 0 radical (unpaired) electrons. The van der Waals surface area contributed by atoms with Gasteiger partial charge in [0.25, 0.3) is 5.56 Å². The summed E-state index contributed by atoms with van der Waals surface area (Å²) in [5.41, 5.74) is 0.283. The van der Waals surface area contributed by atoms with E-state index < -0.39 is 12.0 Å². The maximum atomic E-state index is 12.8. The zero-order valence-electron chi connectivity index (χ0n) is 12.7. The van der Waals surface area contributed by atoms with Crippen LogP contribution < -0.4 is 5.56 Å². The minimum Gasteiger partial charge on any atom is -0.480 e. The normalized spacial score (nSPS) is 12.4. The highest BCUT2D eigenvalue weighted by Crippen LogP contribution is 2.26. The Labute approximate surface area is 136 Å². The van der Waals surface area contributed by atoms with E-state index in [2.05, 4.69) is 9.97 Å². The predicted molar refractivity (Wildman–Crippen MR) is 88.8 cm³/mol. The van der Waals surface area contributed by atoms with E-state index >= 15 is 0 Å². The Morgan fingerprint density at radius 3 is 2.87 bits per heavy atom. The van der Waals surface area contributed by atoms with Crippen LogP contribution in [0, 0.1) is 0 Å². The van der Waals surface area contributed by atoms with Crippen LogP contribution in [0.1, 0.15) is 24.8 Å². The first kappa shape index (κ1) is 15.4. The standard InChI is InChI=1S/C16H15N3O3S/c1-3-11-7-12-14(23-11)18-13(10-5-4-6-17-8-10)19(15(12)20)9(2)16(21)22/h4-9H,3H2,1-2H3,(H,21,22). The van der Waals surface area contributed by atoms with Crippen LogP contribution in [0.3, 0.4) is 0 Å². The quantitative estimate of drug-likeness (QED) is 0.795. The molecule has 7 heteroatoms. The second-order valence-electron chi connectivity index (χ2n) is 5.15. The topological polar surface area (TPSA) is 85.1 Å². The van der Waals surface area contributed by atoms with E-state index in [9.17, 15) is 14.7 Å². The third-order valence-electron chi connectivity index (χ3n) is 3.66. The summed E-state index contributed by atoms with van der Waals surface area (Å²) in [6, 6.07) is 4.28. The summed E-state index contributed by atoms with van der Waals surface area (Å²) in [5, 5.41) is 9.82. The molecule has 3 heterocycles. The zero-order valence-corrected chi connectivity index (χ0v) is 13.5. The van der Waals surface area contributed by atoms with Crippen molar-refractivity contribution in [3.63, 3.8) is 0 Å². The molecule has 0 fully saturated rings. The predicted octanol–water partition coefficient (Wildman–Crippen LogP) is 2.73. The van der Waals surface area contributed by atoms with Gasteiger partial charge in [-0.3, -0.25) is 14.3 Å². The van der Waals surface area contributed by atoms with E-state index in [0.717, 1.165) is 11.3 Å². The van der Waals surface area contributed by atoms with Gasteiger partial charge in [-0.25, -0.2) is 9.78 Å². The lowest BCUT2D eigenvalue weighted by molar-refractivity contribution is -0.140. The summed E-state index contributed by atoms with van der Waals surface area (Å²) in [6.45, 7) is 3.48. The van der Waals surface area contributed by atoms with Crippen molar-refractivity contribution in [2.45, 2.75) is 26.3 Å². The first-order valence-electron chi connectivity index (χ1n) is 7.21. The molecule has 1 unspecified atom stereocenters. The molecule has 23 heavy (non-hydrogen) atoms. The monoisotopic (exact) mass is 329 g/mol. The number of hydrogen-bond acceptors (Lipinski definition) is 5. The van der Waals surface area contributed by atoms with Crippen LogP contribution in [-0.2, 0) is 11.2 Å². The number of hydrogen-bond donors (Lipinski definition) is 1. The molecule has 0 aliphatic rings. The van der Waals surface area contributed by atoms with Crippen LogP contribution in [0.4, 0.5) is 0 Å². The first-order valence-corrected chi connectivity index (χ1v) is 8.02. The molecule has 0 amide bonds. The third-order valence-corrected chi connectivity index (χ3v) is 4.83. The number of aromatic nitrogens is 3. The molecule has 0 saturated carbocycles. The van der Waals surface area contributed by atoms with Gasteiger partial charge in [-0.1, -0.05) is 6.92 Å². The van der Waals surface area contributed by atoms with E-state index in [4.69, 9.17) is 0 Å². The van der Waals surface area contributed by atoms with Crippen LogP contribution in [0.2, 0.25) is 0 Å². The van der Waals surface area contributed by atoms with Crippen molar-refractivity contribution in [3.05, 3.63) is 45.8 Å². The van der Waals surface area contributed by atoms with Crippen molar-refractivity contribution in [2.75, 3.05) is 0 Å². The Hall–Kier alpha value is -2.54. The SMILES string of the molecule is CCc1cc2c(=O)n(C(C)C(=O)O)c(-c3cccnc3)nc2s1. The van der Waals surface area contributed by atoms with Gasteiger partial charge in [0.05, 0.1) is 5.39 Å². The molecule has 0 aliphatic heterocycles. The van der Waals surface area contributed by atoms with Gasteiger partial charge in [0.2, 0.25) is 0 Å². The fraction of sp³-hybridized carbons (Fsp3) is 0.250. The van der Waals surface area contributed by atoms with Crippen molar-refractivity contribution >= 4 is 27.5 Å². The maximum absolute atomic E-state index is 12.8. The molecule has 1 N–H and O–H groups in total. The highest BCUT2D eigenvalue weighted by molar-refractivity contribution is 7.18. The van der Waals surface area contributed by atoms with Crippen LogP contribution >= 0.6 is 11.3 Å². The van der Waals surface area contributed by atoms with Gasteiger partial charge in [0.15, 0.2) is 0 Å². The molecule has 0 bridgehead atoms. The highest BCUT2D eigenvalue weighted by Gasteiger charge is 2.23. The van der Waals surface area contributed by atoms with E-state index in [-0.39, 0.29) is 5.56 Å². The van der Waals surface area contributed by atoms with Crippen molar-refractivity contribution in [2.24, 2.45) is 0 Å². The zero-order chi connectivity index (χ0) is 16.6. The summed E-state index contributed by atoms with van der Waals surface area (Å²) >= 11 is 1.46. The number of carboxylic acid groups (broad SMARTS) is 1. The van der Waals surface area contributed by atoms with E-state index in [0.29, 0.717) is 21.6 Å². The molecule has 0 aromatic carbocycles. The lowest BCUT2D eigenvalue weighted by Gasteiger charge is -2.15. The van der Waals surface area contributed by atoms with Crippen LogP contribution in [0.5, 0.6) is 0 Å². The summed E-state index contributed by atoms with van der Waals surface area (Å²) in [6.07, 6.45) is 4.00. The van der Waals surface area contributed by atoms with Gasteiger partial charge in [0, 0.05) is 22.8 Å². The van der Waals surface area contributed by atoms with Crippen molar-refractivity contribution in [1.29, 1.82) is 0 Å².